The molecule has 0 aromatic heterocycles. The van der Waals surface area contributed by atoms with Crippen molar-refractivity contribution in [1.82, 2.24) is 0 Å². The van der Waals surface area contributed by atoms with Crippen LogP contribution >= 0.6 is 27.7 Å². The van der Waals surface area contributed by atoms with Gasteiger partial charge in [0.1, 0.15) is 17.8 Å². The molecule has 0 spiro atoms. The quantitative estimate of drug-likeness (QED) is 0.838. The molecule has 0 radical (unpaired) electrons. The molecule has 1 saturated heterocycles. The zero-order valence-electron chi connectivity index (χ0n) is 8.15. The number of hydrogen-bond donors (Lipinski definition) is 1. The Hall–Kier alpha value is -0.590. The number of halogens is 2. The number of carboxylic acids is 1. The Morgan fingerprint density at radius 1 is 1.62 bits per heavy atom. The summed E-state index contributed by atoms with van der Waals surface area (Å²) in [4.78, 5) is 10.7. The van der Waals surface area contributed by atoms with Gasteiger partial charge in [0.2, 0.25) is 0 Å². The van der Waals surface area contributed by atoms with Gasteiger partial charge in [-0.3, -0.25) is 0 Å². The summed E-state index contributed by atoms with van der Waals surface area (Å²) in [5.74, 6) is -0.846. The second-order valence-corrected chi connectivity index (χ2v) is 5.57. The van der Waals surface area contributed by atoms with E-state index < -0.39 is 12.0 Å². The number of aliphatic carboxylic acids is 1. The van der Waals surface area contributed by atoms with Gasteiger partial charge in [0.05, 0.1) is 10.2 Å². The highest BCUT2D eigenvalue weighted by atomic mass is 79.9. The molecule has 1 aliphatic rings. The minimum atomic E-state index is -1.05. The fourth-order valence-electron chi connectivity index (χ4n) is 1.57. The molecule has 0 unspecified atom stereocenters. The summed E-state index contributed by atoms with van der Waals surface area (Å²) in [6.45, 7) is 0. The summed E-state index contributed by atoms with van der Waals surface area (Å²) in [6.07, 6.45) is 0. The van der Waals surface area contributed by atoms with Crippen LogP contribution in [0.1, 0.15) is 10.9 Å². The molecular formula is C10H9BrFNO2S. The number of rotatable bonds is 2. The number of benzene rings is 1. The average Bonchev–Trinajstić information content (AvgIpc) is 2.71. The number of carbonyl (C=O) groups is 1. The van der Waals surface area contributed by atoms with E-state index in [4.69, 9.17) is 0 Å². The van der Waals surface area contributed by atoms with E-state index in [-0.39, 0.29) is 11.2 Å². The van der Waals surface area contributed by atoms with E-state index in [2.05, 4.69) is 15.9 Å². The van der Waals surface area contributed by atoms with Crippen molar-refractivity contribution in [2.24, 2.45) is 0 Å². The Bertz CT molecular complexity index is 429. The second-order valence-electron chi connectivity index (χ2n) is 3.55. The topological polar surface area (TPSA) is 56.7 Å². The van der Waals surface area contributed by atoms with Gasteiger partial charge < -0.3 is 15.2 Å². The molecule has 6 heteroatoms. The van der Waals surface area contributed by atoms with Crippen molar-refractivity contribution in [3.8, 4) is 0 Å². The van der Waals surface area contributed by atoms with E-state index in [9.17, 15) is 14.3 Å². The number of quaternary nitrogens is 1. The lowest BCUT2D eigenvalue weighted by atomic mass is 10.2. The molecule has 1 heterocycles. The molecular weight excluding hydrogens is 297 g/mol. The van der Waals surface area contributed by atoms with Gasteiger partial charge in [0, 0.05) is 5.56 Å². The molecule has 0 saturated carbocycles. The summed E-state index contributed by atoms with van der Waals surface area (Å²) in [5, 5.41) is 12.4. The zero-order chi connectivity index (χ0) is 11.7. The maximum atomic E-state index is 13.0. The maximum absolute atomic E-state index is 13.0. The van der Waals surface area contributed by atoms with E-state index in [1.165, 1.54) is 17.8 Å². The van der Waals surface area contributed by atoms with Crippen LogP contribution in [-0.2, 0) is 4.79 Å². The van der Waals surface area contributed by atoms with Crippen molar-refractivity contribution < 1.29 is 19.6 Å². The largest absolute Gasteiger partial charge is 0.544 e. The summed E-state index contributed by atoms with van der Waals surface area (Å²) in [5.41, 5.74) is 0.905. The highest BCUT2D eigenvalue weighted by molar-refractivity contribution is 9.10. The van der Waals surface area contributed by atoms with Gasteiger partial charge in [0.15, 0.2) is 5.37 Å². The highest BCUT2D eigenvalue weighted by Gasteiger charge is 2.30. The summed E-state index contributed by atoms with van der Waals surface area (Å²) in [7, 11) is 0. The first kappa shape index (κ1) is 11.9. The smallest absolute Gasteiger partial charge is 0.159 e. The minimum absolute atomic E-state index is 0.000185. The van der Waals surface area contributed by atoms with Crippen LogP contribution in [0, 0.1) is 5.82 Å². The van der Waals surface area contributed by atoms with Gasteiger partial charge in [-0.05, 0) is 34.1 Å². The molecule has 1 aromatic rings. The number of carboxylic acid groups (broad SMARTS) is 1. The van der Waals surface area contributed by atoms with Gasteiger partial charge in [-0.2, -0.15) is 0 Å². The first-order chi connectivity index (χ1) is 7.58. The Morgan fingerprint density at radius 3 is 2.94 bits per heavy atom. The van der Waals surface area contributed by atoms with Crippen LogP contribution in [0.4, 0.5) is 4.39 Å². The minimum Gasteiger partial charge on any atom is -0.544 e. The van der Waals surface area contributed by atoms with Gasteiger partial charge in [-0.1, -0.05) is 11.8 Å². The highest BCUT2D eigenvalue weighted by Crippen LogP contribution is 2.29. The van der Waals surface area contributed by atoms with Gasteiger partial charge >= 0.3 is 0 Å². The van der Waals surface area contributed by atoms with E-state index in [0.29, 0.717) is 10.2 Å². The third-order valence-corrected chi connectivity index (χ3v) is 4.39. The number of hydrogen-bond acceptors (Lipinski definition) is 3. The van der Waals surface area contributed by atoms with Crippen molar-refractivity contribution in [1.29, 1.82) is 0 Å². The molecule has 2 rings (SSSR count). The third kappa shape index (κ3) is 2.39. The van der Waals surface area contributed by atoms with Crippen molar-refractivity contribution >= 4 is 33.7 Å². The van der Waals surface area contributed by atoms with Crippen molar-refractivity contribution in [2.45, 2.75) is 11.4 Å². The Kier molecular flexibility index (Phi) is 3.51. The summed E-state index contributed by atoms with van der Waals surface area (Å²) < 4.78 is 13.4. The monoisotopic (exact) mass is 305 g/mol. The lowest BCUT2D eigenvalue weighted by molar-refractivity contribution is -0.690. The van der Waals surface area contributed by atoms with E-state index in [1.807, 2.05) is 0 Å². The average molecular weight is 306 g/mol. The Morgan fingerprint density at radius 2 is 2.38 bits per heavy atom. The van der Waals surface area contributed by atoms with Gasteiger partial charge in [-0.15, -0.1) is 0 Å². The summed E-state index contributed by atoms with van der Waals surface area (Å²) >= 11 is 4.64. The predicted octanol–water partition coefficient (Wildman–Crippen LogP) is 0.0155. The SMILES string of the molecule is O=C([O-])[C@@H]1CS[C@H](c2ccc(F)c(Br)c2)[NH2+]1. The van der Waals surface area contributed by atoms with Crippen LogP contribution in [0.3, 0.4) is 0 Å². The molecule has 0 aliphatic carbocycles. The molecule has 2 N–H and O–H groups in total. The molecule has 0 bridgehead atoms. The fraction of sp³-hybridized carbons (Fsp3) is 0.300. The van der Waals surface area contributed by atoms with Crippen molar-refractivity contribution in [3.05, 3.63) is 34.1 Å². The zero-order valence-corrected chi connectivity index (χ0v) is 10.6. The molecule has 1 fully saturated rings. The van der Waals surface area contributed by atoms with Crippen LogP contribution < -0.4 is 10.4 Å². The number of thioether (sulfide) groups is 1. The van der Waals surface area contributed by atoms with Gasteiger partial charge in [0.25, 0.3) is 0 Å². The third-order valence-electron chi connectivity index (χ3n) is 2.44. The Balaban J connectivity index is 2.14. The predicted molar refractivity (Wildman–Crippen MR) is 60.0 cm³/mol. The van der Waals surface area contributed by atoms with Crippen LogP contribution in [-0.4, -0.2) is 17.8 Å². The van der Waals surface area contributed by atoms with Crippen LogP contribution in [0.2, 0.25) is 0 Å². The second kappa shape index (κ2) is 4.73. The normalized spacial score (nSPS) is 24.6. The molecule has 0 amide bonds. The van der Waals surface area contributed by atoms with E-state index in [1.54, 1.807) is 17.4 Å². The molecule has 3 nitrogen and oxygen atoms in total. The van der Waals surface area contributed by atoms with Crippen molar-refractivity contribution in [3.63, 3.8) is 0 Å². The molecule has 86 valence electrons. The fourth-order valence-corrected chi connectivity index (χ4v) is 3.27. The molecule has 16 heavy (non-hydrogen) atoms. The van der Waals surface area contributed by atoms with Crippen LogP contribution in [0.25, 0.3) is 0 Å². The van der Waals surface area contributed by atoms with E-state index >= 15 is 0 Å². The molecule has 1 aliphatic heterocycles. The number of nitrogens with two attached hydrogens (primary N) is 1. The van der Waals surface area contributed by atoms with Crippen LogP contribution in [0.15, 0.2) is 22.7 Å². The van der Waals surface area contributed by atoms with E-state index in [0.717, 1.165) is 5.56 Å². The lowest BCUT2D eigenvalue weighted by Gasteiger charge is -2.11. The van der Waals surface area contributed by atoms with Gasteiger partial charge in [-0.25, -0.2) is 4.39 Å². The van der Waals surface area contributed by atoms with Crippen LogP contribution in [0.5, 0.6) is 0 Å². The molecule has 2 atom stereocenters. The molecule has 1 aromatic carbocycles. The van der Waals surface area contributed by atoms with Crippen molar-refractivity contribution in [2.75, 3.05) is 5.75 Å². The Labute approximate surface area is 105 Å². The standard InChI is InChI=1S/C10H9BrFNO2S/c11-6-3-5(1-2-7(6)12)9-13-8(4-16-9)10(14)15/h1-3,8-9,13H,4H2,(H,14,15)/t8-,9+/m0/s1. The first-order valence-electron chi connectivity index (χ1n) is 4.70. The number of carbonyl (C=O) groups excluding carboxylic acids is 1. The lowest BCUT2D eigenvalue weighted by Crippen LogP contribution is -2.90. The summed E-state index contributed by atoms with van der Waals surface area (Å²) in [6, 6.07) is 4.21. The maximum Gasteiger partial charge on any atom is 0.159 e. The first-order valence-corrected chi connectivity index (χ1v) is 6.54.